The molecule has 0 aliphatic carbocycles. The summed E-state index contributed by atoms with van der Waals surface area (Å²) in [4.78, 5) is 26.6. The molecule has 122 valence electrons. The molecule has 0 saturated heterocycles. The van der Waals surface area contributed by atoms with Gasteiger partial charge in [-0.15, -0.1) is 11.3 Å². The lowest BCUT2D eigenvalue weighted by Crippen LogP contribution is -2.03. The molecule has 2 aromatic heterocycles. The van der Waals surface area contributed by atoms with E-state index in [-0.39, 0.29) is 16.5 Å². The Hall–Kier alpha value is -2.29. The van der Waals surface area contributed by atoms with Crippen LogP contribution in [0.1, 0.15) is 15.4 Å². The lowest BCUT2D eigenvalue weighted by Gasteiger charge is -2.00. The van der Waals surface area contributed by atoms with Crippen LogP contribution in [0.5, 0.6) is 0 Å². The topological polar surface area (TPSA) is 82.3 Å². The molecule has 6 nitrogen and oxygen atoms in total. The molecule has 1 aromatic carbocycles. The summed E-state index contributed by atoms with van der Waals surface area (Å²) in [5, 5.41) is 13.8. The molecule has 3 aromatic rings. The maximum atomic E-state index is 11.9. The van der Waals surface area contributed by atoms with Gasteiger partial charge < -0.3 is 4.74 Å². The largest absolute Gasteiger partial charge is 0.455 e. The zero-order valence-corrected chi connectivity index (χ0v) is 14.4. The van der Waals surface area contributed by atoms with Crippen LogP contribution in [-0.2, 0) is 11.3 Å². The van der Waals surface area contributed by atoms with Crippen LogP contribution in [0, 0.1) is 10.1 Å². The number of carbonyl (C=O) groups is 1. The molecule has 0 aliphatic heterocycles. The van der Waals surface area contributed by atoms with Crippen molar-refractivity contribution in [3.05, 3.63) is 67.5 Å². The first-order valence-electron chi connectivity index (χ1n) is 6.64. The Kier molecular flexibility index (Phi) is 4.89. The van der Waals surface area contributed by atoms with E-state index < -0.39 is 10.9 Å². The number of hydrogen-bond donors (Lipinski definition) is 0. The first-order chi connectivity index (χ1) is 11.5. The Morgan fingerprint density at radius 2 is 2.00 bits per heavy atom. The summed E-state index contributed by atoms with van der Waals surface area (Å²) in [5.74, 6) is -0.603. The number of nitro groups is 1. The lowest BCUT2D eigenvalue weighted by atomic mass is 10.2. The van der Waals surface area contributed by atoms with E-state index in [4.69, 9.17) is 16.3 Å². The van der Waals surface area contributed by atoms with E-state index >= 15 is 0 Å². The van der Waals surface area contributed by atoms with E-state index in [0.717, 1.165) is 21.9 Å². The second-order valence-electron chi connectivity index (χ2n) is 4.62. The van der Waals surface area contributed by atoms with Gasteiger partial charge in [0.05, 0.1) is 10.6 Å². The van der Waals surface area contributed by atoms with Gasteiger partial charge >= 0.3 is 11.0 Å². The van der Waals surface area contributed by atoms with Gasteiger partial charge in [0.2, 0.25) is 0 Å². The van der Waals surface area contributed by atoms with Crippen molar-refractivity contribution in [2.24, 2.45) is 0 Å². The fraction of sp³-hybridized carbons (Fsp3) is 0.0667. The first-order valence-corrected chi connectivity index (χ1v) is 8.72. The highest BCUT2D eigenvalue weighted by Gasteiger charge is 2.17. The molecule has 0 fully saturated rings. The number of halogens is 1. The van der Waals surface area contributed by atoms with Gasteiger partial charge in [0.1, 0.15) is 16.5 Å². The minimum absolute atomic E-state index is 0.00855. The lowest BCUT2D eigenvalue weighted by molar-refractivity contribution is -0.380. The molecule has 24 heavy (non-hydrogen) atoms. The molecule has 0 bridgehead atoms. The molecule has 0 spiro atoms. The Morgan fingerprint density at radius 3 is 2.67 bits per heavy atom. The monoisotopic (exact) mass is 380 g/mol. The zero-order chi connectivity index (χ0) is 17.1. The van der Waals surface area contributed by atoms with Crippen molar-refractivity contribution in [3.8, 4) is 10.6 Å². The molecule has 9 heteroatoms. The SMILES string of the molecule is O=C(OCc1csc(-c2ccc(Cl)cc2)n1)c1ccc([N+](=O)[O-])s1. The van der Waals surface area contributed by atoms with E-state index in [0.29, 0.717) is 10.7 Å². The van der Waals surface area contributed by atoms with Gasteiger partial charge in [-0.1, -0.05) is 35.1 Å². The third-order valence-corrected chi connectivity index (χ3v) is 5.18. The van der Waals surface area contributed by atoms with E-state index in [1.54, 1.807) is 17.5 Å². The number of rotatable bonds is 5. The summed E-state index contributed by atoms with van der Waals surface area (Å²) in [6, 6.07) is 9.95. The average molecular weight is 381 g/mol. The number of nitrogens with zero attached hydrogens (tertiary/aromatic N) is 2. The van der Waals surface area contributed by atoms with Crippen LogP contribution >= 0.6 is 34.3 Å². The number of carbonyl (C=O) groups excluding carboxylic acids is 1. The summed E-state index contributed by atoms with van der Waals surface area (Å²) in [6.07, 6.45) is 0. The minimum Gasteiger partial charge on any atom is -0.455 e. The van der Waals surface area contributed by atoms with Crippen LogP contribution in [-0.4, -0.2) is 15.9 Å². The zero-order valence-electron chi connectivity index (χ0n) is 12.0. The maximum absolute atomic E-state index is 11.9. The fourth-order valence-electron chi connectivity index (χ4n) is 1.84. The van der Waals surface area contributed by atoms with Crippen molar-refractivity contribution >= 4 is 45.2 Å². The van der Waals surface area contributed by atoms with Crippen LogP contribution in [0.4, 0.5) is 5.00 Å². The van der Waals surface area contributed by atoms with Gasteiger partial charge in [0, 0.05) is 22.0 Å². The van der Waals surface area contributed by atoms with Crippen molar-refractivity contribution < 1.29 is 14.5 Å². The van der Waals surface area contributed by atoms with Gasteiger partial charge in [-0.25, -0.2) is 9.78 Å². The molecule has 0 amide bonds. The van der Waals surface area contributed by atoms with Crippen molar-refractivity contribution in [1.29, 1.82) is 0 Å². The highest BCUT2D eigenvalue weighted by Crippen LogP contribution is 2.27. The Morgan fingerprint density at radius 1 is 1.25 bits per heavy atom. The summed E-state index contributed by atoms with van der Waals surface area (Å²) in [7, 11) is 0. The van der Waals surface area contributed by atoms with Gasteiger partial charge in [-0.2, -0.15) is 0 Å². The molecule has 0 saturated carbocycles. The quantitative estimate of drug-likeness (QED) is 0.361. The Bertz CT molecular complexity index is 889. The number of thiophene rings is 1. The maximum Gasteiger partial charge on any atom is 0.348 e. The summed E-state index contributed by atoms with van der Waals surface area (Å²) in [5.41, 5.74) is 1.54. The average Bonchev–Trinajstić information content (AvgIpc) is 3.23. The Balaban J connectivity index is 1.63. The summed E-state index contributed by atoms with van der Waals surface area (Å²) >= 11 is 8.07. The number of thiazole rings is 1. The summed E-state index contributed by atoms with van der Waals surface area (Å²) < 4.78 is 5.15. The normalized spacial score (nSPS) is 10.5. The molecule has 0 atom stereocenters. The molecule has 0 radical (unpaired) electrons. The van der Waals surface area contributed by atoms with Crippen LogP contribution in [0.25, 0.3) is 10.6 Å². The molecule has 0 unspecified atom stereocenters. The number of esters is 1. The van der Waals surface area contributed by atoms with Gasteiger partial charge in [0.25, 0.3) is 0 Å². The number of hydrogen-bond acceptors (Lipinski definition) is 7. The fourth-order valence-corrected chi connectivity index (χ4v) is 3.50. The Labute approximate surface area is 149 Å². The smallest absolute Gasteiger partial charge is 0.348 e. The molecular formula is C15H9ClN2O4S2. The van der Waals surface area contributed by atoms with Crippen molar-refractivity contribution in [3.63, 3.8) is 0 Å². The molecule has 3 rings (SSSR count). The highest BCUT2D eigenvalue weighted by atomic mass is 35.5. The number of aromatic nitrogens is 1. The van der Waals surface area contributed by atoms with Crippen molar-refractivity contribution in [1.82, 2.24) is 4.98 Å². The van der Waals surface area contributed by atoms with E-state index in [2.05, 4.69) is 4.98 Å². The second kappa shape index (κ2) is 7.08. The molecular weight excluding hydrogens is 372 g/mol. The number of ether oxygens (including phenoxy) is 1. The van der Waals surface area contributed by atoms with Crippen molar-refractivity contribution in [2.75, 3.05) is 0 Å². The minimum atomic E-state index is -0.603. The van der Waals surface area contributed by atoms with Crippen molar-refractivity contribution in [2.45, 2.75) is 6.61 Å². The second-order valence-corrected chi connectivity index (χ2v) is 6.98. The molecule has 2 heterocycles. The van der Waals surface area contributed by atoms with Gasteiger partial charge in [0.15, 0.2) is 0 Å². The van der Waals surface area contributed by atoms with E-state index in [1.807, 2.05) is 12.1 Å². The van der Waals surface area contributed by atoms with Gasteiger partial charge in [-0.3, -0.25) is 10.1 Å². The van der Waals surface area contributed by atoms with Crippen LogP contribution in [0.2, 0.25) is 5.02 Å². The van der Waals surface area contributed by atoms with E-state index in [9.17, 15) is 14.9 Å². The highest BCUT2D eigenvalue weighted by molar-refractivity contribution is 7.17. The predicted molar refractivity (Wildman–Crippen MR) is 92.7 cm³/mol. The molecule has 0 N–H and O–H groups in total. The van der Waals surface area contributed by atoms with Gasteiger partial charge in [-0.05, 0) is 18.2 Å². The summed E-state index contributed by atoms with van der Waals surface area (Å²) in [6.45, 7) is 0.00855. The van der Waals surface area contributed by atoms with Crippen LogP contribution in [0.15, 0.2) is 41.8 Å². The van der Waals surface area contributed by atoms with E-state index in [1.165, 1.54) is 23.5 Å². The third kappa shape index (κ3) is 3.78. The third-order valence-electron chi connectivity index (χ3n) is 2.97. The van der Waals surface area contributed by atoms with Crippen LogP contribution in [0.3, 0.4) is 0 Å². The standard InChI is InChI=1S/C15H9ClN2O4S2/c16-10-3-1-9(2-4-10)14-17-11(8-23-14)7-22-15(19)12-5-6-13(24-12)18(20)21/h1-6,8H,7H2. The van der Waals surface area contributed by atoms with Crippen LogP contribution < -0.4 is 0 Å². The first kappa shape index (κ1) is 16.6. The predicted octanol–water partition coefficient (Wildman–Crippen LogP) is 4.79. The molecule has 0 aliphatic rings. The number of benzene rings is 1.